The molecule has 2 aromatic rings. The van der Waals surface area contributed by atoms with Crippen molar-refractivity contribution in [2.24, 2.45) is 18.9 Å². The molecule has 8 heteroatoms. The SMILES string of the molecule is CCC(=O)N1C[C@@H]2CN(S(=O)(=O)c3cn(C)cn3)C[C@@H]2[C@@H]1c1ccccc1. The van der Waals surface area contributed by atoms with E-state index in [0.717, 1.165) is 5.56 Å². The lowest BCUT2D eigenvalue weighted by atomic mass is 9.89. The Bertz CT molecular complexity index is 941. The minimum atomic E-state index is -3.61. The van der Waals surface area contributed by atoms with Gasteiger partial charge in [-0.3, -0.25) is 4.79 Å². The van der Waals surface area contributed by atoms with Crippen LogP contribution >= 0.6 is 0 Å². The van der Waals surface area contributed by atoms with E-state index in [1.165, 1.54) is 16.8 Å². The molecule has 2 aliphatic heterocycles. The molecular weight excluding hydrogens is 364 g/mol. The number of likely N-dealkylation sites (tertiary alicyclic amines) is 1. The predicted octanol–water partition coefficient (Wildman–Crippen LogP) is 1.65. The van der Waals surface area contributed by atoms with E-state index in [1.807, 2.05) is 42.2 Å². The molecule has 0 aliphatic carbocycles. The number of sulfonamides is 1. The van der Waals surface area contributed by atoms with E-state index in [0.29, 0.717) is 26.1 Å². The van der Waals surface area contributed by atoms with Gasteiger partial charge in [0.05, 0.1) is 12.4 Å². The number of fused-ring (bicyclic) bond motifs is 1. The third-order valence-corrected chi connectivity index (χ3v) is 7.40. The molecule has 144 valence electrons. The lowest BCUT2D eigenvalue weighted by Crippen LogP contribution is -2.37. The minimum Gasteiger partial charge on any atom is -0.339 e. The smallest absolute Gasteiger partial charge is 0.262 e. The molecule has 0 spiro atoms. The Balaban J connectivity index is 1.64. The molecule has 2 aliphatic rings. The van der Waals surface area contributed by atoms with Gasteiger partial charge in [-0.25, -0.2) is 13.4 Å². The monoisotopic (exact) mass is 388 g/mol. The summed E-state index contributed by atoms with van der Waals surface area (Å²) in [5.41, 5.74) is 1.07. The predicted molar refractivity (Wildman–Crippen MR) is 100 cm³/mol. The quantitative estimate of drug-likeness (QED) is 0.798. The van der Waals surface area contributed by atoms with Crippen molar-refractivity contribution in [1.82, 2.24) is 18.8 Å². The number of rotatable bonds is 4. The number of aryl methyl sites for hydroxylation is 1. The van der Waals surface area contributed by atoms with Crippen LogP contribution in [0.2, 0.25) is 0 Å². The summed E-state index contributed by atoms with van der Waals surface area (Å²) in [6.45, 7) is 3.32. The van der Waals surface area contributed by atoms with Crippen molar-refractivity contribution in [3.05, 3.63) is 48.4 Å². The van der Waals surface area contributed by atoms with Crippen molar-refractivity contribution < 1.29 is 13.2 Å². The maximum atomic E-state index is 13.0. The van der Waals surface area contributed by atoms with Crippen molar-refractivity contribution in [2.75, 3.05) is 19.6 Å². The number of amides is 1. The van der Waals surface area contributed by atoms with Gasteiger partial charge in [0.15, 0.2) is 5.03 Å². The van der Waals surface area contributed by atoms with Crippen LogP contribution in [-0.2, 0) is 21.9 Å². The molecule has 27 heavy (non-hydrogen) atoms. The highest BCUT2D eigenvalue weighted by molar-refractivity contribution is 7.89. The summed E-state index contributed by atoms with van der Waals surface area (Å²) >= 11 is 0. The van der Waals surface area contributed by atoms with E-state index >= 15 is 0 Å². The van der Waals surface area contributed by atoms with Crippen LogP contribution in [0, 0.1) is 11.8 Å². The summed E-state index contributed by atoms with van der Waals surface area (Å²) in [5, 5.41) is 0.0859. The Kier molecular flexibility index (Phi) is 4.55. The second kappa shape index (κ2) is 6.76. The third kappa shape index (κ3) is 3.06. The molecule has 4 rings (SSSR count). The molecular formula is C19H24N4O3S. The van der Waals surface area contributed by atoms with E-state index in [1.54, 1.807) is 11.6 Å². The number of aromatic nitrogens is 2. The first-order valence-electron chi connectivity index (χ1n) is 9.24. The molecule has 0 unspecified atom stereocenters. The highest BCUT2D eigenvalue weighted by Gasteiger charge is 2.51. The van der Waals surface area contributed by atoms with E-state index < -0.39 is 10.0 Å². The summed E-state index contributed by atoms with van der Waals surface area (Å²) in [7, 11) is -1.86. The normalized spacial score (nSPS) is 25.7. The Labute approximate surface area is 159 Å². The first-order chi connectivity index (χ1) is 12.9. The highest BCUT2D eigenvalue weighted by Crippen LogP contribution is 2.46. The molecule has 1 aromatic carbocycles. The molecule has 2 saturated heterocycles. The molecule has 1 aromatic heterocycles. The van der Waals surface area contributed by atoms with Gasteiger partial charge in [-0.05, 0) is 11.5 Å². The second-order valence-electron chi connectivity index (χ2n) is 7.38. The van der Waals surface area contributed by atoms with Crippen LogP contribution in [0.15, 0.2) is 47.9 Å². The fraction of sp³-hybridized carbons (Fsp3) is 0.474. The van der Waals surface area contributed by atoms with Crippen LogP contribution in [0.25, 0.3) is 0 Å². The van der Waals surface area contributed by atoms with Crippen LogP contribution in [0.4, 0.5) is 0 Å². The van der Waals surface area contributed by atoms with Gasteiger partial charge in [0.25, 0.3) is 10.0 Å². The molecule has 0 bridgehead atoms. The van der Waals surface area contributed by atoms with Gasteiger partial charge in [0.1, 0.15) is 0 Å². The first-order valence-corrected chi connectivity index (χ1v) is 10.7. The van der Waals surface area contributed by atoms with Gasteiger partial charge in [0.2, 0.25) is 5.91 Å². The summed E-state index contributed by atoms with van der Waals surface area (Å²) in [4.78, 5) is 18.5. The Hall–Kier alpha value is -2.19. The van der Waals surface area contributed by atoms with Gasteiger partial charge in [-0.1, -0.05) is 37.3 Å². The van der Waals surface area contributed by atoms with Crippen molar-refractivity contribution >= 4 is 15.9 Å². The van der Waals surface area contributed by atoms with Gasteiger partial charge in [-0.2, -0.15) is 4.31 Å². The van der Waals surface area contributed by atoms with Crippen LogP contribution < -0.4 is 0 Å². The molecule has 3 atom stereocenters. The maximum absolute atomic E-state index is 13.0. The summed E-state index contributed by atoms with van der Waals surface area (Å²) < 4.78 is 29.1. The number of carbonyl (C=O) groups is 1. The lowest BCUT2D eigenvalue weighted by molar-refractivity contribution is -0.132. The fourth-order valence-corrected chi connectivity index (χ4v) is 5.89. The zero-order valence-corrected chi connectivity index (χ0v) is 16.3. The molecule has 0 radical (unpaired) electrons. The van der Waals surface area contributed by atoms with Crippen LogP contribution in [-0.4, -0.2) is 52.7 Å². The van der Waals surface area contributed by atoms with E-state index in [-0.39, 0.29) is 28.8 Å². The number of benzene rings is 1. The summed E-state index contributed by atoms with van der Waals surface area (Å²) in [5.74, 6) is 0.364. The number of carbonyl (C=O) groups excluding carboxylic acids is 1. The molecule has 0 N–H and O–H groups in total. The van der Waals surface area contributed by atoms with Gasteiger partial charge in [0, 0.05) is 45.2 Å². The number of imidazole rings is 1. The molecule has 2 fully saturated rings. The van der Waals surface area contributed by atoms with Gasteiger partial charge in [-0.15, -0.1) is 0 Å². The van der Waals surface area contributed by atoms with Gasteiger partial charge < -0.3 is 9.47 Å². The molecule has 3 heterocycles. The van der Waals surface area contributed by atoms with Crippen molar-refractivity contribution in [1.29, 1.82) is 0 Å². The van der Waals surface area contributed by atoms with Crippen molar-refractivity contribution in [3.8, 4) is 0 Å². The van der Waals surface area contributed by atoms with Crippen LogP contribution in [0.1, 0.15) is 24.9 Å². The number of hydrogen-bond donors (Lipinski definition) is 0. The lowest BCUT2D eigenvalue weighted by Gasteiger charge is -2.29. The third-order valence-electron chi connectivity index (χ3n) is 5.68. The average molecular weight is 388 g/mol. The molecule has 0 saturated carbocycles. The van der Waals surface area contributed by atoms with Gasteiger partial charge >= 0.3 is 0 Å². The summed E-state index contributed by atoms with van der Waals surface area (Å²) in [6.07, 6.45) is 3.49. The first kappa shape index (κ1) is 18.2. The topological polar surface area (TPSA) is 75.5 Å². The van der Waals surface area contributed by atoms with E-state index in [2.05, 4.69) is 4.98 Å². The average Bonchev–Trinajstić information content (AvgIpc) is 3.35. The van der Waals surface area contributed by atoms with E-state index in [9.17, 15) is 13.2 Å². The summed E-state index contributed by atoms with van der Waals surface area (Å²) in [6, 6.07) is 9.86. The van der Waals surface area contributed by atoms with Crippen LogP contribution in [0.5, 0.6) is 0 Å². The Morgan fingerprint density at radius 1 is 1.19 bits per heavy atom. The van der Waals surface area contributed by atoms with Crippen molar-refractivity contribution in [2.45, 2.75) is 24.4 Å². The highest BCUT2D eigenvalue weighted by atomic mass is 32.2. The number of nitrogens with zero attached hydrogens (tertiary/aromatic N) is 4. The zero-order chi connectivity index (χ0) is 19.2. The minimum absolute atomic E-state index is 0.0763. The molecule has 1 amide bonds. The largest absolute Gasteiger partial charge is 0.339 e. The standard InChI is InChI=1S/C19H24N4O3S/c1-3-18(24)23-10-15-9-22(27(25,26)17-12-21(2)13-20-17)11-16(15)19(23)14-7-5-4-6-8-14/h4-8,12-13,15-16,19H,3,9-11H2,1-2H3/t15-,16-,19-/m0/s1. The number of hydrogen-bond acceptors (Lipinski definition) is 4. The zero-order valence-electron chi connectivity index (χ0n) is 15.5. The second-order valence-corrected chi connectivity index (χ2v) is 9.26. The van der Waals surface area contributed by atoms with Crippen molar-refractivity contribution in [3.63, 3.8) is 0 Å². The fourth-order valence-electron chi connectivity index (χ4n) is 4.39. The molecule has 7 nitrogen and oxygen atoms in total. The van der Waals surface area contributed by atoms with E-state index in [4.69, 9.17) is 0 Å². The maximum Gasteiger partial charge on any atom is 0.262 e. The Morgan fingerprint density at radius 3 is 2.56 bits per heavy atom. The Morgan fingerprint density at radius 2 is 1.93 bits per heavy atom. The van der Waals surface area contributed by atoms with Crippen LogP contribution in [0.3, 0.4) is 0 Å².